The number of anilines is 1. The molecule has 4 aromatic rings. The van der Waals surface area contributed by atoms with Crippen molar-refractivity contribution in [3.05, 3.63) is 53.4 Å². The lowest BCUT2D eigenvalue weighted by atomic mass is 9.97. The Morgan fingerprint density at radius 2 is 1.97 bits per heavy atom. The lowest BCUT2D eigenvalue weighted by Crippen LogP contribution is -2.58. The zero-order valence-corrected chi connectivity index (χ0v) is 22.7. The molecule has 3 aromatic heterocycles. The van der Waals surface area contributed by atoms with Crippen LogP contribution in [0.5, 0.6) is 5.75 Å². The number of piperazine rings is 1. The standard InChI is InChI=1S/C27H33ClN10O/c1-2-20-17-37(27-24(28)13-19(15-31-27)25-29-7-8-30-25)11-12-38(20)21-5-9-36(10-6-21)16-18-3-4-22(39)14-23(18)26-32-34-35-33-26/h3-4,7-8,13-15,20-21,39H,2,5-6,9-12,16-17H2,1H3,(H,29,30)(H,32,33,34,35). The number of pyridine rings is 1. The summed E-state index contributed by atoms with van der Waals surface area (Å²) in [5.41, 5.74) is 2.80. The number of likely N-dealkylation sites (tertiary alicyclic amines) is 1. The maximum absolute atomic E-state index is 10.0. The number of aromatic amines is 2. The summed E-state index contributed by atoms with van der Waals surface area (Å²) in [6.45, 7) is 7.94. The molecule has 0 bridgehead atoms. The van der Waals surface area contributed by atoms with Crippen LogP contribution in [0, 0.1) is 0 Å². The first-order valence-electron chi connectivity index (χ1n) is 13.5. The van der Waals surface area contributed by atoms with E-state index in [4.69, 9.17) is 16.6 Å². The summed E-state index contributed by atoms with van der Waals surface area (Å²) in [4.78, 5) is 19.7. The summed E-state index contributed by atoms with van der Waals surface area (Å²) in [5.74, 6) is 2.33. The van der Waals surface area contributed by atoms with E-state index in [1.807, 2.05) is 18.3 Å². The van der Waals surface area contributed by atoms with Crippen LogP contribution in [-0.2, 0) is 6.54 Å². The van der Waals surface area contributed by atoms with Crippen LogP contribution in [0.15, 0.2) is 42.9 Å². The van der Waals surface area contributed by atoms with Crippen LogP contribution in [0.25, 0.3) is 22.8 Å². The predicted octanol–water partition coefficient (Wildman–Crippen LogP) is 3.58. The number of benzene rings is 1. The van der Waals surface area contributed by atoms with Crippen molar-refractivity contribution >= 4 is 17.4 Å². The number of nitrogens with one attached hydrogen (secondary N) is 2. The van der Waals surface area contributed by atoms with Crippen LogP contribution < -0.4 is 4.90 Å². The molecule has 3 N–H and O–H groups in total. The average molecular weight is 549 g/mol. The van der Waals surface area contributed by atoms with Gasteiger partial charge in [0.1, 0.15) is 17.4 Å². The maximum Gasteiger partial charge on any atom is 0.205 e. The third-order valence-corrected chi connectivity index (χ3v) is 8.27. The van der Waals surface area contributed by atoms with Crippen molar-refractivity contribution in [3.63, 3.8) is 0 Å². The highest BCUT2D eigenvalue weighted by molar-refractivity contribution is 6.33. The number of halogens is 1. The van der Waals surface area contributed by atoms with Crippen molar-refractivity contribution in [1.29, 1.82) is 0 Å². The van der Waals surface area contributed by atoms with Crippen molar-refractivity contribution in [2.45, 2.75) is 44.8 Å². The fourth-order valence-corrected chi connectivity index (χ4v) is 6.24. The Morgan fingerprint density at radius 3 is 2.69 bits per heavy atom. The van der Waals surface area contributed by atoms with Crippen molar-refractivity contribution < 1.29 is 5.11 Å². The molecule has 6 rings (SSSR count). The number of hydrogen-bond donors (Lipinski definition) is 3. The Kier molecular flexibility index (Phi) is 7.45. The Morgan fingerprint density at radius 1 is 1.10 bits per heavy atom. The second-order valence-electron chi connectivity index (χ2n) is 10.3. The Hall–Kier alpha value is -3.54. The first kappa shape index (κ1) is 25.7. The normalized spacial score (nSPS) is 19.5. The molecule has 2 aliphatic heterocycles. The maximum atomic E-state index is 10.0. The number of phenols is 1. The summed E-state index contributed by atoms with van der Waals surface area (Å²) in [6, 6.07) is 8.37. The van der Waals surface area contributed by atoms with Gasteiger partial charge in [0.25, 0.3) is 0 Å². The van der Waals surface area contributed by atoms with Gasteiger partial charge in [0.2, 0.25) is 5.82 Å². The van der Waals surface area contributed by atoms with Gasteiger partial charge in [0, 0.05) is 68.0 Å². The molecule has 0 aliphatic carbocycles. The van der Waals surface area contributed by atoms with E-state index in [-0.39, 0.29) is 5.75 Å². The topological polar surface area (TPSA) is 126 Å². The molecule has 1 aromatic carbocycles. The molecule has 2 saturated heterocycles. The van der Waals surface area contributed by atoms with Crippen LogP contribution in [-0.4, -0.2) is 95.3 Å². The van der Waals surface area contributed by atoms with E-state index in [0.717, 1.165) is 86.9 Å². The van der Waals surface area contributed by atoms with E-state index < -0.39 is 0 Å². The fourth-order valence-electron chi connectivity index (χ4n) is 5.96. The predicted molar refractivity (Wildman–Crippen MR) is 149 cm³/mol. The van der Waals surface area contributed by atoms with Crippen molar-refractivity contribution in [1.82, 2.24) is 45.4 Å². The van der Waals surface area contributed by atoms with Gasteiger partial charge in [-0.25, -0.2) is 9.97 Å². The molecule has 5 heterocycles. The molecule has 1 unspecified atom stereocenters. The van der Waals surface area contributed by atoms with Gasteiger partial charge in [-0.1, -0.05) is 24.6 Å². The number of nitrogens with zero attached hydrogens (tertiary/aromatic N) is 8. The van der Waals surface area contributed by atoms with Gasteiger partial charge < -0.3 is 15.0 Å². The van der Waals surface area contributed by atoms with Crippen molar-refractivity contribution in [2.24, 2.45) is 0 Å². The lowest BCUT2D eigenvalue weighted by molar-refractivity contribution is 0.0611. The van der Waals surface area contributed by atoms with E-state index >= 15 is 0 Å². The second kappa shape index (κ2) is 11.3. The largest absolute Gasteiger partial charge is 0.508 e. The van der Waals surface area contributed by atoms with Crippen molar-refractivity contribution in [2.75, 3.05) is 37.6 Å². The van der Waals surface area contributed by atoms with Gasteiger partial charge in [-0.3, -0.25) is 9.80 Å². The number of aromatic nitrogens is 7. The van der Waals surface area contributed by atoms with E-state index in [0.29, 0.717) is 22.9 Å². The minimum Gasteiger partial charge on any atom is -0.508 e. The van der Waals surface area contributed by atoms with E-state index in [2.05, 4.69) is 52.2 Å². The van der Waals surface area contributed by atoms with Gasteiger partial charge in [-0.05, 0) is 61.3 Å². The number of hydrogen-bond acceptors (Lipinski definition) is 9. The van der Waals surface area contributed by atoms with Crippen LogP contribution in [0.3, 0.4) is 0 Å². The number of tetrazole rings is 1. The summed E-state index contributed by atoms with van der Waals surface area (Å²) < 4.78 is 0. The highest BCUT2D eigenvalue weighted by Gasteiger charge is 2.34. The van der Waals surface area contributed by atoms with Crippen LogP contribution in [0.2, 0.25) is 5.02 Å². The smallest absolute Gasteiger partial charge is 0.205 e. The highest BCUT2D eigenvalue weighted by atomic mass is 35.5. The first-order valence-corrected chi connectivity index (χ1v) is 13.9. The molecule has 2 aliphatic rings. The van der Waals surface area contributed by atoms with Gasteiger partial charge in [-0.15, -0.1) is 10.2 Å². The molecule has 0 spiro atoms. The Labute approximate surface area is 232 Å². The highest BCUT2D eigenvalue weighted by Crippen LogP contribution is 2.32. The summed E-state index contributed by atoms with van der Waals surface area (Å²) in [5, 5.41) is 25.1. The van der Waals surface area contributed by atoms with E-state index in [1.54, 1.807) is 24.5 Å². The molecule has 2 fully saturated rings. The third kappa shape index (κ3) is 5.47. The number of aromatic hydroxyl groups is 1. The number of phenolic OH excluding ortho intramolecular Hbond substituents is 1. The van der Waals surface area contributed by atoms with E-state index in [9.17, 15) is 5.11 Å². The molecule has 39 heavy (non-hydrogen) atoms. The number of H-pyrrole nitrogens is 2. The van der Waals surface area contributed by atoms with E-state index in [1.165, 1.54) is 0 Å². The Balaban J connectivity index is 1.07. The van der Waals surface area contributed by atoms with Crippen molar-refractivity contribution in [3.8, 4) is 28.5 Å². The minimum atomic E-state index is 0.201. The van der Waals surface area contributed by atoms with Gasteiger partial charge in [0.05, 0.1) is 5.02 Å². The fraction of sp³-hybridized carbons (Fsp3) is 0.444. The van der Waals surface area contributed by atoms with Gasteiger partial charge in [0.15, 0.2) is 0 Å². The molecule has 1 atom stereocenters. The summed E-state index contributed by atoms with van der Waals surface area (Å²) in [6.07, 6.45) is 8.72. The molecular weight excluding hydrogens is 516 g/mol. The lowest BCUT2D eigenvalue weighted by Gasteiger charge is -2.47. The minimum absolute atomic E-state index is 0.201. The average Bonchev–Trinajstić information content (AvgIpc) is 3.69. The monoisotopic (exact) mass is 548 g/mol. The quantitative estimate of drug-likeness (QED) is 0.317. The summed E-state index contributed by atoms with van der Waals surface area (Å²) in [7, 11) is 0. The number of rotatable bonds is 7. The van der Waals surface area contributed by atoms with Crippen LogP contribution in [0.4, 0.5) is 5.82 Å². The van der Waals surface area contributed by atoms with Gasteiger partial charge >= 0.3 is 0 Å². The second-order valence-corrected chi connectivity index (χ2v) is 10.7. The molecule has 12 heteroatoms. The Bertz CT molecular complexity index is 1370. The number of piperidine rings is 1. The number of imidazole rings is 1. The molecule has 11 nitrogen and oxygen atoms in total. The van der Waals surface area contributed by atoms with Crippen LogP contribution in [0.1, 0.15) is 31.7 Å². The molecule has 0 saturated carbocycles. The first-order chi connectivity index (χ1) is 19.1. The zero-order chi connectivity index (χ0) is 26.8. The third-order valence-electron chi connectivity index (χ3n) is 7.99. The summed E-state index contributed by atoms with van der Waals surface area (Å²) >= 11 is 6.70. The zero-order valence-electron chi connectivity index (χ0n) is 22.0. The van der Waals surface area contributed by atoms with Crippen LogP contribution >= 0.6 is 11.6 Å². The molecular formula is C27H33ClN10O. The molecule has 204 valence electrons. The molecule has 0 radical (unpaired) electrons. The van der Waals surface area contributed by atoms with Gasteiger partial charge in [-0.2, -0.15) is 5.21 Å². The molecule has 0 amide bonds. The SMILES string of the molecule is CCC1CN(c2ncc(-c3ncc[nH]3)cc2Cl)CCN1C1CCN(Cc2ccc(O)cc2-c2nn[nH]n2)CC1.